The van der Waals surface area contributed by atoms with Crippen LogP contribution in [0.2, 0.25) is 0 Å². The second-order valence-corrected chi connectivity index (χ2v) is 4.92. The first-order valence-electron chi connectivity index (χ1n) is 5.19. The molecular weight excluding hydrogens is 272 g/mol. The molecule has 1 aliphatic heterocycles. The molecule has 4 nitrogen and oxygen atoms in total. The number of ether oxygens (including phenoxy) is 1. The lowest BCUT2D eigenvalue weighted by Crippen LogP contribution is -2.51. The molecule has 0 spiro atoms. The van der Waals surface area contributed by atoms with Gasteiger partial charge in [-0.05, 0) is 40.7 Å². The number of likely N-dealkylation sites (N-methyl/N-ethyl adjacent to an activating group) is 1. The van der Waals surface area contributed by atoms with Crippen molar-refractivity contribution in [3.8, 4) is 5.75 Å². The summed E-state index contributed by atoms with van der Waals surface area (Å²) in [5, 5.41) is 8.60. The van der Waals surface area contributed by atoms with Gasteiger partial charge < -0.3 is 9.94 Å². The van der Waals surface area contributed by atoms with Crippen LogP contribution in [0.3, 0.4) is 0 Å². The summed E-state index contributed by atoms with van der Waals surface area (Å²) in [5.74, 6) is 0.861. The maximum atomic E-state index is 8.60. The number of hydroxylamine groups is 1. The molecule has 0 radical (unpaired) electrons. The topological polar surface area (TPSA) is 44.7 Å². The number of rotatable bonds is 4. The summed E-state index contributed by atoms with van der Waals surface area (Å²) >= 11 is 3.47. The van der Waals surface area contributed by atoms with Gasteiger partial charge in [-0.2, -0.15) is 0 Å². The van der Waals surface area contributed by atoms with Gasteiger partial charge in [0, 0.05) is 19.6 Å². The molecule has 1 aromatic rings. The number of benzene rings is 1. The Morgan fingerprint density at radius 1 is 1.56 bits per heavy atom. The zero-order valence-corrected chi connectivity index (χ0v) is 10.7. The van der Waals surface area contributed by atoms with Gasteiger partial charge in [0.1, 0.15) is 11.9 Å². The van der Waals surface area contributed by atoms with Crippen LogP contribution in [0.5, 0.6) is 5.75 Å². The van der Waals surface area contributed by atoms with Crippen LogP contribution in [-0.4, -0.2) is 36.3 Å². The Kier molecular flexibility index (Phi) is 3.81. The number of nitrogens with one attached hydrogen (secondary N) is 1. The van der Waals surface area contributed by atoms with Gasteiger partial charge >= 0.3 is 0 Å². The van der Waals surface area contributed by atoms with Crippen LogP contribution in [0.15, 0.2) is 22.7 Å². The summed E-state index contributed by atoms with van der Waals surface area (Å²) in [4.78, 5) is 2.21. The highest BCUT2D eigenvalue weighted by Crippen LogP contribution is 2.28. The summed E-state index contributed by atoms with van der Waals surface area (Å²) in [6.07, 6.45) is 0.295. The van der Waals surface area contributed by atoms with Gasteiger partial charge in [0.15, 0.2) is 0 Å². The standard InChI is InChI=1S/C11H15BrN2O2/c1-14-6-9(7-14)16-11-3-2-8(5-13-15)4-10(11)12/h2-4,9,13,15H,5-7H2,1H3. The van der Waals surface area contributed by atoms with Crippen LogP contribution in [0.4, 0.5) is 0 Å². The van der Waals surface area contributed by atoms with E-state index >= 15 is 0 Å². The minimum absolute atomic E-state index is 0.295. The fourth-order valence-corrected chi connectivity index (χ4v) is 2.26. The van der Waals surface area contributed by atoms with Crippen molar-refractivity contribution in [2.24, 2.45) is 0 Å². The Morgan fingerprint density at radius 3 is 2.88 bits per heavy atom. The Morgan fingerprint density at radius 2 is 2.31 bits per heavy atom. The Labute approximate surface area is 103 Å². The molecule has 2 rings (SSSR count). The van der Waals surface area contributed by atoms with Crippen molar-refractivity contribution >= 4 is 15.9 Å². The molecule has 1 fully saturated rings. The van der Waals surface area contributed by atoms with E-state index < -0.39 is 0 Å². The van der Waals surface area contributed by atoms with Crippen molar-refractivity contribution in [3.63, 3.8) is 0 Å². The summed E-state index contributed by atoms with van der Waals surface area (Å²) in [5.41, 5.74) is 3.14. The van der Waals surface area contributed by atoms with Crippen LogP contribution in [0, 0.1) is 0 Å². The van der Waals surface area contributed by atoms with Crippen molar-refractivity contribution < 1.29 is 9.94 Å². The normalized spacial score (nSPS) is 17.2. The second-order valence-electron chi connectivity index (χ2n) is 4.06. The quantitative estimate of drug-likeness (QED) is 0.826. The van der Waals surface area contributed by atoms with Crippen LogP contribution in [0.25, 0.3) is 0 Å². The van der Waals surface area contributed by atoms with Crippen molar-refractivity contribution in [3.05, 3.63) is 28.2 Å². The third-order valence-electron chi connectivity index (χ3n) is 2.60. The fourth-order valence-electron chi connectivity index (χ4n) is 1.74. The molecule has 5 heteroatoms. The highest BCUT2D eigenvalue weighted by atomic mass is 79.9. The van der Waals surface area contributed by atoms with Crippen LogP contribution < -0.4 is 10.2 Å². The highest BCUT2D eigenvalue weighted by Gasteiger charge is 2.25. The van der Waals surface area contributed by atoms with E-state index in [9.17, 15) is 0 Å². The zero-order chi connectivity index (χ0) is 11.5. The molecule has 1 aromatic carbocycles. The summed E-state index contributed by atoms with van der Waals surface area (Å²) in [7, 11) is 2.07. The monoisotopic (exact) mass is 286 g/mol. The predicted molar refractivity (Wildman–Crippen MR) is 64.7 cm³/mol. The van der Waals surface area contributed by atoms with Crippen LogP contribution in [0.1, 0.15) is 5.56 Å². The molecule has 0 aromatic heterocycles. The lowest BCUT2D eigenvalue weighted by Gasteiger charge is -2.36. The molecule has 0 atom stereocenters. The van der Waals surface area contributed by atoms with Gasteiger partial charge in [0.25, 0.3) is 0 Å². The molecule has 1 heterocycles. The van der Waals surface area contributed by atoms with Crippen LogP contribution >= 0.6 is 15.9 Å². The molecule has 0 unspecified atom stereocenters. The maximum absolute atomic E-state index is 8.60. The first-order valence-corrected chi connectivity index (χ1v) is 5.99. The third kappa shape index (κ3) is 2.74. The van der Waals surface area contributed by atoms with Gasteiger partial charge in [0.2, 0.25) is 0 Å². The number of hydrogen-bond donors (Lipinski definition) is 2. The van der Waals surface area contributed by atoms with Crippen molar-refractivity contribution in [2.45, 2.75) is 12.6 Å². The molecule has 1 aliphatic rings. The average molecular weight is 287 g/mol. The first-order chi connectivity index (χ1) is 7.69. The Hall–Kier alpha value is -0.620. The van der Waals surface area contributed by atoms with Crippen LogP contribution in [-0.2, 0) is 6.54 Å². The van der Waals surface area contributed by atoms with Gasteiger partial charge in [-0.25, -0.2) is 5.48 Å². The Balaban J connectivity index is 1.99. The second kappa shape index (κ2) is 5.14. The zero-order valence-electron chi connectivity index (χ0n) is 9.11. The van der Waals surface area contributed by atoms with Gasteiger partial charge in [-0.3, -0.25) is 4.90 Å². The average Bonchev–Trinajstić information content (AvgIpc) is 2.20. The molecule has 16 heavy (non-hydrogen) atoms. The molecule has 88 valence electrons. The summed E-state index contributed by atoms with van der Waals surface area (Å²) in [6, 6.07) is 5.81. The number of hydrogen-bond acceptors (Lipinski definition) is 4. The molecule has 0 bridgehead atoms. The maximum Gasteiger partial charge on any atom is 0.134 e. The van der Waals surface area contributed by atoms with Crippen molar-refractivity contribution in [1.82, 2.24) is 10.4 Å². The smallest absolute Gasteiger partial charge is 0.134 e. The van der Waals surface area contributed by atoms with E-state index in [0.29, 0.717) is 12.6 Å². The van der Waals surface area contributed by atoms with Gasteiger partial charge in [0.05, 0.1) is 4.47 Å². The molecule has 0 aliphatic carbocycles. The molecule has 2 N–H and O–H groups in total. The van der Waals surface area contributed by atoms with E-state index in [2.05, 4.69) is 33.4 Å². The van der Waals surface area contributed by atoms with Gasteiger partial charge in [-0.1, -0.05) is 6.07 Å². The number of nitrogens with zero attached hydrogens (tertiary/aromatic N) is 1. The highest BCUT2D eigenvalue weighted by molar-refractivity contribution is 9.10. The van der Waals surface area contributed by atoms with E-state index in [4.69, 9.17) is 9.94 Å². The molecule has 0 amide bonds. The summed E-state index contributed by atoms with van der Waals surface area (Å²) < 4.78 is 6.74. The van der Waals surface area contributed by atoms with Crippen molar-refractivity contribution in [2.75, 3.05) is 20.1 Å². The fraction of sp³-hybridized carbons (Fsp3) is 0.455. The number of halogens is 1. The minimum atomic E-state index is 0.295. The molecule has 0 saturated carbocycles. The summed E-state index contributed by atoms with van der Waals surface area (Å²) in [6.45, 7) is 2.39. The van der Waals surface area contributed by atoms with E-state index in [1.54, 1.807) is 0 Å². The SMILES string of the molecule is CN1CC(Oc2ccc(CNO)cc2Br)C1. The van der Waals surface area contributed by atoms with E-state index in [1.807, 2.05) is 18.2 Å². The lowest BCUT2D eigenvalue weighted by molar-refractivity contribution is 0.0383. The minimum Gasteiger partial charge on any atom is -0.487 e. The van der Waals surface area contributed by atoms with E-state index in [1.165, 1.54) is 0 Å². The Bertz CT molecular complexity index is 367. The lowest BCUT2D eigenvalue weighted by atomic mass is 10.2. The van der Waals surface area contributed by atoms with E-state index in [-0.39, 0.29) is 0 Å². The predicted octanol–water partition coefficient (Wildman–Crippen LogP) is 1.62. The molecule has 1 saturated heterocycles. The van der Waals surface area contributed by atoms with Crippen molar-refractivity contribution in [1.29, 1.82) is 0 Å². The molecular formula is C11H15BrN2O2. The number of likely N-dealkylation sites (tertiary alicyclic amines) is 1. The van der Waals surface area contributed by atoms with Gasteiger partial charge in [-0.15, -0.1) is 0 Å². The van der Waals surface area contributed by atoms with E-state index in [0.717, 1.165) is 28.9 Å². The largest absolute Gasteiger partial charge is 0.487 e. The first kappa shape index (κ1) is 11.9. The third-order valence-corrected chi connectivity index (χ3v) is 3.22.